The Labute approximate surface area is 170 Å². The Kier molecular flexibility index (Phi) is 5.66. The highest BCUT2D eigenvalue weighted by molar-refractivity contribution is 5.91. The maximum atomic E-state index is 12.7. The van der Waals surface area contributed by atoms with Crippen molar-refractivity contribution in [2.75, 3.05) is 23.9 Å². The lowest BCUT2D eigenvalue weighted by molar-refractivity contribution is -0.116. The first-order valence-corrected chi connectivity index (χ1v) is 9.69. The zero-order valence-corrected chi connectivity index (χ0v) is 16.4. The predicted molar refractivity (Wildman–Crippen MR) is 115 cm³/mol. The minimum atomic E-state index is -0.0524. The van der Waals surface area contributed by atoms with Crippen LogP contribution in [0.5, 0.6) is 11.5 Å². The first kappa shape index (κ1) is 18.9. The molecule has 4 rings (SSSR count). The van der Waals surface area contributed by atoms with Gasteiger partial charge < -0.3 is 19.7 Å². The third-order valence-electron chi connectivity index (χ3n) is 5.04. The minimum absolute atomic E-state index is 0.0405. The Balaban J connectivity index is 1.50. The number of hydrogen-bond acceptors (Lipinski definition) is 4. The van der Waals surface area contributed by atoms with E-state index in [1.165, 1.54) is 5.56 Å². The van der Waals surface area contributed by atoms with Gasteiger partial charge >= 0.3 is 0 Å². The van der Waals surface area contributed by atoms with Crippen LogP contribution in [-0.2, 0) is 11.3 Å². The van der Waals surface area contributed by atoms with Crippen LogP contribution < -0.4 is 19.7 Å². The lowest BCUT2D eigenvalue weighted by Crippen LogP contribution is -2.44. The fourth-order valence-corrected chi connectivity index (χ4v) is 3.55. The van der Waals surface area contributed by atoms with E-state index in [0.29, 0.717) is 13.0 Å². The maximum absolute atomic E-state index is 12.7. The highest BCUT2D eigenvalue weighted by atomic mass is 16.5. The van der Waals surface area contributed by atoms with Crippen molar-refractivity contribution < 1.29 is 14.3 Å². The van der Waals surface area contributed by atoms with Gasteiger partial charge in [0.25, 0.3) is 0 Å². The molecule has 0 aromatic heterocycles. The number of rotatable bonds is 6. The van der Waals surface area contributed by atoms with E-state index in [0.717, 1.165) is 29.4 Å². The van der Waals surface area contributed by atoms with Gasteiger partial charge in [-0.05, 0) is 42.0 Å². The van der Waals surface area contributed by atoms with E-state index in [9.17, 15) is 4.79 Å². The van der Waals surface area contributed by atoms with Crippen LogP contribution in [0.25, 0.3) is 0 Å². The first-order valence-electron chi connectivity index (χ1n) is 9.69. The van der Waals surface area contributed by atoms with Crippen molar-refractivity contribution in [3.8, 4) is 11.5 Å². The summed E-state index contributed by atoms with van der Waals surface area (Å²) in [4.78, 5) is 15.0. The third kappa shape index (κ3) is 4.51. The number of nitrogens with one attached hydrogen (secondary N) is 1. The van der Waals surface area contributed by atoms with E-state index in [1.807, 2.05) is 66.7 Å². The van der Waals surface area contributed by atoms with Crippen LogP contribution in [-0.4, -0.2) is 25.7 Å². The fourth-order valence-electron chi connectivity index (χ4n) is 3.55. The summed E-state index contributed by atoms with van der Waals surface area (Å²) in [6, 6.07) is 25.6. The van der Waals surface area contributed by atoms with Gasteiger partial charge in [-0.1, -0.05) is 42.5 Å². The molecule has 148 valence electrons. The van der Waals surface area contributed by atoms with E-state index in [1.54, 1.807) is 7.11 Å². The number of benzene rings is 3. The average molecular weight is 388 g/mol. The van der Waals surface area contributed by atoms with Gasteiger partial charge in [-0.3, -0.25) is 4.79 Å². The molecule has 5 heteroatoms. The number of anilines is 2. The molecule has 0 fully saturated rings. The van der Waals surface area contributed by atoms with E-state index in [4.69, 9.17) is 9.47 Å². The van der Waals surface area contributed by atoms with Crippen LogP contribution in [0, 0.1) is 0 Å². The molecular weight excluding hydrogens is 364 g/mol. The smallest absolute Gasteiger partial charge is 0.226 e. The van der Waals surface area contributed by atoms with Gasteiger partial charge in [0.15, 0.2) is 0 Å². The second kappa shape index (κ2) is 8.69. The van der Waals surface area contributed by atoms with E-state index >= 15 is 0 Å². The van der Waals surface area contributed by atoms with Crippen molar-refractivity contribution in [2.45, 2.75) is 19.0 Å². The number of carbonyl (C=O) groups is 1. The average Bonchev–Trinajstić information content (AvgIpc) is 2.76. The van der Waals surface area contributed by atoms with E-state index < -0.39 is 0 Å². The van der Waals surface area contributed by atoms with Gasteiger partial charge in [0.05, 0.1) is 25.3 Å². The number of carbonyl (C=O) groups excluding carboxylic acids is 1. The van der Waals surface area contributed by atoms with Crippen molar-refractivity contribution in [1.82, 2.24) is 0 Å². The SMILES string of the molecule is COc1ccc(NC(=O)CC2COc3ccccc3N2Cc2ccccc2)cc1. The number of methoxy groups -OCH3 is 1. The molecule has 1 amide bonds. The van der Waals surface area contributed by atoms with Crippen LogP contribution in [0.1, 0.15) is 12.0 Å². The molecule has 1 N–H and O–H groups in total. The Bertz CT molecular complexity index is 957. The summed E-state index contributed by atoms with van der Waals surface area (Å²) < 4.78 is 11.1. The molecule has 5 nitrogen and oxygen atoms in total. The predicted octanol–water partition coefficient (Wildman–Crippen LogP) is 4.49. The zero-order valence-electron chi connectivity index (χ0n) is 16.4. The summed E-state index contributed by atoms with van der Waals surface area (Å²) in [5, 5.41) is 2.97. The Morgan fingerprint density at radius 3 is 2.52 bits per heavy atom. The third-order valence-corrected chi connectivity index (χ3v) is 5.04. The lowest BCUT2D eigenvalue weighted by atomic mass is 10.1. The standard InChI is InChI=1S/C24H24N2O3/c1-28-21-13-11-19(12-14-21)25-24(27)15-20-17-29-23-10-6-5-9-22(23)26(20)16-18-7-3-2-4-8-18/h2-14,20H,15-17H2,1H3,(H,25,27). The van der Waals surface area contributed by atoms with Crippen LogP contribution in [0.4, 0.5) is 11.4 Å². The maximum Gasteiger partial charge on any atom is 0.226 e. The molecule has 1 aliphatic rings. The Hall–Kier alpha value is -3.47. The normalized spacial score (nSPS) is 15.2. The van der Waals surface area contributed by atoms with Crippen molar-refractivity contribution >= 4 is 17.3 Å². The van der Waals surface area contributed by atoms with Gasteiger partial charge in [0.1, 0.15) is 18.1 Å². The second-order valence-corrected chi connectivity index (χ2v) is 7.03. The second-order valence-electron chi connectivity index (χ2n) is 7.03. The van der Waals surface area contributed by atoms with Crippen molar-refractivity contribution in [3.63, 3.8) is 0 Å². The van der Waals surface area contributed by atoms with Crippen molar-refractivity contribution in [3.05, 3.63) is 84.4 Å². The minimum Gasteiger partial charge on any atom is -0.497 e. The number of amides is 1. The van der Waals surface area contributed by atoms with Gasteiger partial charge in [0.2, 0.25) is 5.91 Å². The van der Waals surface area contributed by atoms with Crippen LogP contribution in [0.3, 0.4) is 0 Å². The molecule has 1 atom stereocenters. The quantitative estimate of drug-likeness (QED) is 0.676. The first-order chi connectivity index (χ1) is 14.2. The van der Waals surface area contributed by atoms with Gasteiger partial charge in [-0.15, -0.1) is 0 Å². The zero-order chi connectivity index (χ0) is 20.1. The molecule has 0 saturated heterocycles. The summed E-state index contributed by atoms with van der Waals surface area (Å²) in [6.45, 7) is 1.20. The Morgan fingerprint density at radius 1 is 1.03 bits per heavy atom. The molecule has 0 spiro atoms. The fraction of sp³-hybridized carbons (Fsp3) is 0.208. The van der Waals surface area contributed by atoms with Gasteiger partial charge in [0, 0.05) is 12.2 Å². The molecule has 0 bridgehead atoms. The summed E-state index contributed by atoms with van der Waals surface area (Å²) >= 11 is 0. The van der Waals surface area contributed by atoms with Crippen LogP contribution in [0.15, 0.2) is 78.9 Å². The van der Waals surface area contributed by atoms with Crippen molar-refractivity contribution in [2.24, 2.45) is 0 Å². The summed E-state index contributed by atoms with van der Waals surface area (Å²) in [7, 11) is 1.62. The molecule has 0 aliphatic carbocycles. The topological polar surface area (TPSA) is 50.8 Å². The summed E-state index contributed by atoms with van der Waals surface area (Å²) in [5.74, 6) is 1.57. The molecule has 29 heavy (non-hydrogen) atoms. The molecule has 3 aromatic rings. The number of nitrogens with zero attached hydrogens (tertiary/aromatic N) is 1. The summed E-state index contributed by atoms with van der Waals surface area (Å²) in [6.07, 6.45) is 0.340. The number of fused-ring (bicyclic) bond motifs is 1. The van der Waals surface area contributed by atoms with Crippen LogP contribution in [0.2, 0.25) is 0 Å². The molecular formula is C24H24N2O3. The van der Waals surface area contributed by atoms with Gasteiger partial charge in [-0.2, -0.15) is 0 Å². The monoisotopic (exact) mass is 388 g/mol. The van der Waals surface area contributed by atoms with Crippen molar-refractivity contribution in [1.29, 1.82) is 0 Å². The summed E-state index contributed by atoms with van der Waals surface area (Å²) in [5.41, 5.74) is 2.97. The Morgan fingerprint density at radius 2 is 1.76 bits per heavy atom. The molecule has 0 radical (unpaired) electrons. The van der Waals surface area contributed by atoms with Gasteiger partial charge in [-0.25, -0.2) is 0 Å². The molecule has 0 saturated carbocycles. The molecule has 1 unspecified atom stereocenters. The highest BCUT2D eigenvalue weighted by Gasteiger charge is 2.29. The lowest BCUT2D eigenvalue weighted by Gasteiger charge is -2.38. The molecule has 3 aromatic carbocycles. The van der Waals surface area contributed by atoms with E-state index in [2.05, 4.69) is 22.3 Å². The van der Waals surface area contributed by atoms with Crippen LogP contribution >= 0.6 is 0 Å². The molecule has 1 heterocycles. The van der Waals surface area contributed by atoms with E-state index in [-0.39, 0.29) is 11.9 Å². The number of ether oxygens (including phenoxy) is 2. The largest absolute Gasteiger partial charge is 0.497 e. The molecule has 1 aliphatic heterocycles. The highest BCUT2D eigenvalue weighted by Crippen LogP contribution is 2.35. The number of para-hydroxylation sites is 2. The number of hydrogen-bond donors (Lipinski definition) is 1.